The average molecular weight is 382 g/mol. The van der Waals surface area contributed by atoms with Crippen molar-refractivity contribution >= 4 is 12.0 Å². The molecule has 142 valence electrons. The minimum Gasteiger partial charge on any atom is -0.507 e. The molecule has 6 nitrogen and oxygen atoms in total. The van der Waals surface area contributed by atoms with Gasteiger partial charge < -0.3 is 15.6 Å². The van der Waals surface area contributed by atoms with Crippen LogP contribution in [0.4, 0.5) is 5.82 Å². The minimum atomic E-state index is -0.394. The van der Waals surface area contributed by atoms with Crippen molar-refractivity contribution in [2.45, 2.75) is 12.8 Å². The van der Waals surface area contributed by atoms with Crippen LogP contribution in [-0.2, 0) is 0 Å². The Balaban J connectivity index is 1.83. The maximum atomic E-state index is 10.5. The summed E-state index contributed by atoms with van der Waals surface area (Å²) in [7, 11) is 0. The van der Waals surface area contributed by atoms with Crippen LogP contribution in [0.5, 0.6) is 11.5 Å². The number of aromatic nitrogens is 1. The Morgan fingerprint density at radius 1 is 1.21 bits per heavy atom. The van der Waals surface area contributed by atoms with Crippen molar-refractivity contribution in [2.75, 3.05) is 0 Å². The number of pyridine rings is 1. The number of aryl methyl sites for hydroxylation is 1. The number of phenols is 1. The molecule has 0 radical (unpaired) electrons. The summed E-state index contributed by atoms with van der Waals surface area (Å²) in [6, 6.07) is 18.8. The normalized spacial score (nSPS) is 15.7. The van der Waals surface area contributed by atoms with Crippen molar-refractivity contribution in [2.24, 2.45) is 10.7 Å². The highest BCUT2D eigenvalue weighted by atomic mass is 16.5. The summed E-state index contributed by atoms with van der Waals surface area (Å²) in [6.45, 7) is 1.92. The van der Waals surface area contributed by atoms with E-state index in [2.05, 4.69) is 16.0 Å². The quantitative estimate of drug-likeness (QED) is 0.665. The minimum absolute atomic E-state index is 0.00102. The van der Waals surface area contributed by atoms with Crippen LogP contribution in [0.25, 0.3) is 0 Å². The summed E-state index contributed by atoms with van der Waals surface area (Å²) in [6.07, 6.45) is 3.22. The SMILES string of the molecule is Cc1cccnc1/N=C/c1cc2c(cc1O)OC(N)=C(C#N)C2c1ccccc1. The van der Waals surface area contributed by atoms with E-state index in [1.54, 1.807) is 18.5 Å². The van der Waals surface area contributed by atoms with Gasteiger partial charge in [-0.3, -0.25) is 0 Å². The summed E-state index contributed by atoms with van der Waals surface area (Å²) in [4.78, 5) is 8.64. The van der Waals surface area contributed by atoms with Crippen molar-refractivity contribution in [3.05, 3.63) is 94.5 Å². The second kappa shape index (κ2) is 7.49. The van der Waals surface area contributed by atoms with Gasteiger partial charge in [0.05, 0.1) is 5.92 Å². The highest BCUT2D eigenvalue weighted by molar-refractivity contribution is 5.86. The Labute approximate surface area is 168 Å². The topological polar surface area (TPSA) is 105 Å². The van der Waals surface area contributed by atoms with Crippen LogP contribution in [0.15, 0.2) is 77.2 Å². The lowest BCUT2D eigenvalue weighted by molar-refractivity contribution is 0.388. The lowest BCUT2D eigenvalue weighted by Gasteiger charge is -2.27. The number of nitriles is 1. The number of allylic oxidation sites excluding steroid dienone is 1. The van der Waals surface area contributed by atoms with Crippen molar-refractivity contribution in [1.82, 2.24) is 4.98 Å². The molecule has 0 fully saturated rings. The van der Waals surface area contributed by atoms with Crippen LogP contribution in [0.1, 0.15) is 28.2 Å². The monoisotopic (exact) mass is 382 g/mol. The lowest BCUT2D eigenvalue weighted by Crippen LogP contribution is -2.21. The largest absolute Gasteiger partial charge is 0.507 e. The summed E-state index contributed by atoms with van der Waals surface area (Å²) in [5.41, 5.74) is 9.39. The molecule has 1 aliphatic rings. The van der Waals surface area contributed by atoms with Gasteiger partial charge in [0.1, 0.15) is 23.1 Å². The Bertz CT molecular complexity index is 1180. The first kappa shape index (κ1) is 18.3. The molecule has 1 unspecified atom stereocenters. The number of aliphatic imine (C=N–C) groups is 1. The van der Waals surface area contributed by atoms with Gasteiger partial charge >= 0.3 is 0 Å². The van der Waals surface area contributed by atoms with E-state index in [0.717, 1.165) is 16.7 Å². The van der Waals surface area contributed by atoms with E-state index in [1.165, 1.54) is 6.07 Å². The molecule has 0 aliphatic carbocycles. The van der Waals surface area contributed by atoms with Gasteiger partial charge in [-0.25, -0.2) is 9.98 Å². The average Bonchev–Trinajstić information content (AvgIpc) is 2.73. The van der Waals surface area contributed by atoms with Gasteiger partial charge in [0.2, 0.25) is 5.88 Å². The summed E-state index contributed by atoms with van der Waals surface area (Å²) < 4.78 is 5.62. The third-order valence-corrected chi connectivity index (χ3v) is 4.81. The molecule has 3 N–H and O–H groups in total. The van der Waals surface area contributed by atoms with Gasteiger partial charge in [0.15, 0.2) is 5.82 Å². The molecule has 0 saturated carbocycles. The van der Waals surface area contributed by atoms with Gasteiger partial charge in [-0.2, -0.15) is 5.26 Å². The van der Waals surface area contributed by atoms with Crippen LogP contribution in [0, 0.1) is 18.3 Å². The number of nitrogens with zero attached hydrogens (tertiary/aromatic N) is 3. The molecule has 0 spiro atoms. The Hall–Kier alpha value is -4.11. The van der Waals surface area contributed by atoms with Crippen molar-refractivity contribution < 1.29 is 9.84 Å². The zero-order chi connectivity index (χ0) is 20.4. The molecular weight excluding hydrogens is 364 g/mol. The van der Waals surface area contributed by atoms with E-state index in [0.29, 0.717) is 22.7 Å². The standard InChI is InChI=1S/C23H18N4O2/c1-14-6-5-9-26-23(14)27-13-16-10-17-20(11-19(16)28)29-22(25)18(12-24)21(17)15-7-3-2-4-8-15/h2-11,13,21,28H,25H2,1H3/b27-13+. The smallest absolute Gasteiger partial charge is 0.205 e. The van der Waals surface area contributed by atoms with E-state index >= 15 is 0 Å². The molecular formula is C23H18N4O2. The first-order valence-electron chi connectivity index (χ1n) is 9.03. The molecule has 0 amide bonds. The molecule has 29 heavy (non-hydrogen) atoms. The number of nitrogens with two attached hydrogens (primary N) is 1. The molecule has 2 heterocycles. The molecule has 0 bridgehead atoms. The fraction of sp³-hybridized carbons (Fsp3) is 0.0870. The third-order valence-electron chi connectivity index (χ3n) is 4.81. The highest BCUT2D eigenvalue weighted by Crippen LogP contribution is 2.44. The Kier molecular flexibility index (Phi) is 4.71. The van der Waals surface area contributed by atoms with Crippen LogP contribution in [0.2, 0.25) is 0 Å². The van der Waals surface area contributed by atoms with Crippen molar-refractivity contribution in [3.63, 3.8) is 0 Å². The number of rotatable bonds is 3. The van der Waals surface area contributed by atoms with Crippen molar-refractivity contribution in [3.8, 4) is 17.6 Å². The van der Waals surface area contributed by atoms with E-state index in [9.17, 15) is 10.4 Å². The summed E-state index contributed by atoms with van der Waals surface area (Å²) in [5.74, 6) is 0.635. The predicted molar refractivity (Wildman–Crippen MR) is 110 cm³/mol. The van der Waals surface area contributed by atoms with E-state index < -0.39 is 5.92 Å². The summed E-state index contributed by atoms with van der Waals surface area (Å²) >= 11 is 0. The Morgan fingerprint density at radius 3 is 2.72 bits per heavy atom. The highest BCUT2D eigenvalue weighted by Gasteiger charge is 2.31. The van der Waals surface area contributed by atoms with Gasteiger partial charge in [0.25, 0.3) is 0 Å². The number of fused-ring (bicyclic) bond motifs is 1. The Morgan fingerprint density at radius 2 is 2.00 bits per heavy atom. The molecule has 1 atom stereocenters. The zero-order valence-corrected chi connectivity index (χ0v) is 15.7. The number of aromatic hydroxyl groups is 1. The fourth-order valence-corrected chi connectivity index (χ4v) is 3.35. The molecule has 0 saturated heterocycles. The number of hydrogen-bond acceptors (Lipinski definition) is 6. The van der Waals surface area contributed by atoms with E-state index in [4.69, 9.17) is 10.5 Å². The van der Waals surface area contributed by atoms with Gasteiger partial charge in [-0.15, -0.1) is 0 Å². The number of benzene rings is 2. The predicted octanol–water partition coefficient (Wildman–Crippen LogP) is 4.06. The van der Waals surface area contributed by atoms with Crippen molar-refractivity contribution in [1.29, 1.82) is 5.26 Å². The maximum absolute atomic E-state index is 10.5. The van der Waals surface area contributed by atoms with Gasteiger partial charge in [0, 0.05) is 29.6 Å². The molecule has 4 rings (SSSR count). The third kappa shape index (κ3) is 3.42. The molecule has 1 aromatic heterocycles. The molecule has 1 aliphatic heterocycles. The lowest BCUT2D eigenvalue weighted by atomic mass is 9.83. The maximum Gasteiger partial charge on any atom is 0.205 e. The molecule has 2 aromatic carbocycles. The van der Waals surface area contributed by atoms with Gasteiger partial charge in [-0.1, -0.05) is 36.4 Å². The molecule has 6 heteroatoms. The first-order valence-corrected chi connectivity index (χ1v) is 9.03. The second-order valence-corrected chi connectivity index (χ2v) is 6.69. The van der Waals surface area contributed by atoms with Crippen LogP contribution < -0.4 is 10.5 Å². The summed E-state index contributed by atoms with van der Waals surface area (Å²) in [5, 5.41) is 20.1. The van der Waals surface area contributed by atoms with Crippen LogP contribution >= 0.6 is 0 Å². The number of hydrogen-bond donors (Lipinski definition) is 2. The van der Waals surface area contributed by atoms with E-state index in [-0.39, 0.29) is 11.6 Å². The fourth-order valence-electron chi connectivity index (χ4n) is 3.35. The van der Waals surface area contributed by atoms with Crippen LogP contribution in [-0.4, -0.2) is 16.3 Å². The zero-order valence-electron chi connectivity index (χ0n) is 15.7. The van der Waals surface area contributed by atoms with Crippen LogP contribution in [0.3, 0.4) is 0 Å². The second-order valence-electron chi connectivity index (χ2n) is 6.69. The molecule has 3 aromatic rings. The first-order chi connectivity index (χ1) is 14.1. The van der Waals surface area contributed by atoms with Gasteiger partial charge in [-0.05, 0) is 30.2 Å². The van der Waals surface area contributed by atoms with E-state index in [1.807, 2.05) is 49.4 Å². The number of ether oxygens (including phenoxy) is 1. The number of phenolic OH excluding ortho intramolecular Hbond substituents is 1.